The van der Waals surface area contributed by atoms with Crippen LogP contribution in [0, 0.1) is 6.92 Å². The van der Waals surface area contributed by atoms with E-state index in [0.29, 0.717) is 24.8 Å². The smallest absolute Gasteiger partial charge is 0.271 e. The largest absolute Gasteiger partial charge is 0.383 e. The van der Waals surface area contributed by atoms with Crippen molar-refractivity contribution in [1.29, 1.82) is 0 Å². The third kappa shape index (κ3) is 3.74. The molecule has 1 heterocycles. The molecule has 0 bridgehead atoms. The lowest BCUT2D eigenvalue weighted by molar-refractivity contribution is 0.0931. The summed E-state index contributed by atoms with van der Waals surface area (Å²) < 4.78 is 6.70. The van der Waals surface area contributed by atoms with Gasteiger partial charge in [0.05, 0.1) is 12.3 Å². The number of methoxy groups -OCH3 is 1. The second-order valence-corrected chi connectivity index (χ2v) is 5.58. The summed E-state index contributed by atoms with van der Waals surface area (Å²) in [5.41, 5.74) is 3.58. The summed E-state index contributed by atoms with van der Waals surface area (Å²) in [6, 6.07) is 10.0. The van der Waals surface area contributed by atoms with E-state index < -0.39 is 0 Å². The predicted molar refractivity (Wildman–Crippen MR) is 86.6 cm³/mol. The van der Waals surface area contributed by atoms with Crippen molar-refractivity contribution in [3.8, 4) is 5.69 Å². The third-order valence-corrected chi connectivity index (χ3v) is 3.52. The molecule has 0 saturated carbocycles. The average molecular weight is 301 g/mol. The second-order valence-electron chi connectivity index (χ2n) is 5.58. The number of aryl methyl sites for hydroxylation is 1. The third-order valence-electron chi connectivity index (χ3n) is 3.52. The van der Waals surface area contributed by atoms with E-state index in [1.807, 2.05) is 19.1 Å². The van der Waals surface area contributed by atoms with Gasteiger partial charge in [0.2, 0.25) is 0 Å². The zero-order valence-electron chi connectivity index (χ0n) is 13.6. The lowest BCUT2D eigenvalue weighted by Crippen LogP contribution is -2.27. The van der Waals surface area contributed by atoms with Crippen molar-refractivity contribution in [2.45, 2.75) is 26.7 Å². The van der Waals surface area contributed by atoms with Gasteiger partial charge in [-0.2, -0.15) is 5.10 Å². The number of carbonyl (C=O) groups is 1. The summed E-state index contributed by atoms with van der Waals surface area (Å²) in [5.74, 6) is 0.313. The lowest BCUT2D eigenvalue weighted by atomic mass is 10.0. The van der Waals surface area contributed by atoms with E-state index in [2.05, 4.69) is 36.4 Å². The molecule has 2 rings (SSSR count). The maximum atomic E-state index is 12.0. The highest BCUT2D eigenvalue weighted by Crippen LogP contribution is 2.18. The van der Waals surface area contributed by atoms with Gasteiger partial charge in [0.15, 0.2) is 5.69 Å². The standard InChI is InChI=1S/C17H23N3O2/c1-12(2)14-5-7-15(8-6-14)20-13(3)11-16(19-20)17(21)18-9-10-22-4/h5-8,11-12H,9-10H2,1-4H3,(H,18,21). The minimum Gasteiger partial charge on any atom is -0.383 e. The number of ether oxygens (including phenoxy) is 1. The minimum atomic E-state index is -0.183. The van der Waals surface area contributed by atoms with Crippen LogP contribution in [0.4, 0.5) is 0 Å². The molecule has 1 aromatic heterocycles. The van der Waals surface area contributed by atoms with E-state index in [4.69, 9.17) is 4.74 Å². The van der Waals surface area contributed by atoms with Crippen molar-refractivity contribution >= 4 is 5.91 Å². The van der Waals surface area contributed by atoms with Gasteiger partial charge in [-0.05, 0) is 36.6 Å². The first-order chi connectivity index (χ1) is 10.5. The molecule has 1 N–H and O–H groups in total. The normalized spacial score (nSPS) is 11.0. The molecule has 5 heteroatoms. The number of benzene rings is 1. The van der Waals surface area contributed by atoms with Crippen LogP contribution >= 0.6 is 0 Å². The maximum Gasteiger partial charge on any atom is 0.271 e. The Balaban J connectivity index is 2.17. The van der Waals surface area contributed by atoms with E-state index in [9.17, 15) is 4.79 Å². The van der Waals surface area contributed by atoms with Crippen LogP contribution in [-0.2, 0) is 4.74 Å². The van der Waals surface area contributed by atoms with Gasteiger partial charge >= 0.3 is 0 Å². The van der Waals surface area contributed by atoms with Gasteiger partial charge in [-0.25, -0.2) is 4.68 Å². The van der Waals surface area contributed by atoms with Gasteiger partial charge < -0.3 is 10.1 Å². The summed E-state index contributed by atoms with van der Waals surface area (Å²) >= 11 is 0. The zero-order chi connectivity index (χ0) is 16.1. The molecular weight excluding hydrogens is 278 g/mol. The highest BCUT2D eigenvalue weighted by Gasteiger charge is 2.13. The highest BCUT2D eigenvalue weighted by molar-refractivity contribution is 5.92. The van der Waals surface area contributed by atoms with Crippen LogP contribution in [0.1, 0.15) is 41.5 Å². The van der Waals surface area contributed by atoms with Crippen molar-refractivity contribution in [1.82, 2.24) is 15.1 Å². The van der Waals surface area contributed by atoms with Gasteiger partial charge in [0.25, 0.3) is 5.91 Å². The molecule has 1 aromatic carbocycles. The predicted octanol–water partition coefficient (Wildman–Crippen LogP) is 2.68. The molecule has 0 atom stereocenters. The van der Waals surface area contributed by atoms with Gasteiger partial charge in [-0.3, -0.25) is 4.79 Å². The molecule has 0 aliphatic rings. The molecule has 0 saturated heterocycles. The summed E-state index contributed by atoms with van der Waals surface area (Å²) in [4.78, 5) is 12.0. The number of rotatable bonds is 6. The molecule has 0 aliphatic heterocycles. The van der Waals surface area contributed by atoms with Crippen LogP contribution in [0.3, 0.4) is 0 Å². The highest BCUT2D eigenvalue weighted by atomic mass is 16.5. The molecule has 118 valence electrons. The number of carbonyl (C=O) groups excluding carboxylic acids is 1. The van der Waals surface area contributed by atoms with Crippen molar-refractivity contribution in [3.05, 3.63) is 47.3 Å². The van der Waals surface area contributed by atoms with Crippen LogP contribution in [0.15, 0.2) is 30.3 Å². The SMILES string of the molecule is COCCNC(=O)c1cc(C)n(-c2ccc(C(C)C)cc2)n1. The second kappa shape index (κ2) is 7.22. The zero-order valence-corrected chi connectivity index (χ0v) is 13.6. The molecule has 2 aromatic rings. The van der Waals surface area contributed by atoms with E-state index in [0.717, 1.165) is 11.4 Å². The topological polar surface area (TPSA) is 56.1 Å². The van der Waals surface area contributed by atoms with Crippen LogP contribution in [0.5, 0.6) is 0 Å². The first-order valence-electron chi connectivity index (χ1n) is 7.47. The minimum absolute atomic E-state index is 0.183. The van der Waals surface area contributed by atoms with Gasteiger partial charge in [0.1, 0.15) is 0 Å². The number of amides is 1. The molecular formula is C17H23N3O2. The fraction of sp³-hybridized carbons (Fsp3) is 0.412. The Bertz CT molecular complexity index is 630. The number of hydrogen-bond acceptors (Lipinski definition) is 3. The van der Waals surface area contributed by atoms with Gasteiger partial charge in [-0.15, -0.1) is 0 Å². The Hall–Kier alpha value is -2.14. The van der Waals surface area contributed by atoms with Crippen molar-refractivity contribution in [3.63, 3.8) is 0 Å². The molecule has 5 nitrogen and oxygen atoms in total. The average Bonchev–Trinajstić information content (AvgIpc) is 2.89. The summed E-state index contributed by atoms with van der Waals surface area (Å²) in [6.45, 7) is 7.23. The van der Waals surface area contributed by atoms with E-state index in [1.54, 1.807) is 17.9 Å². The summed E-state index contributed by atoms with van der Waals surface area (Å²) in [6.07, 6.45) is 0. The summed E-state index contributed by atoms with van der Waals surface area (Å²) in [5, 5.41) is 7.17. The van der Waals surface area contributed by atoms with E-state index >= 15 is 0 Å². The fourth-order valence-corrected chi connectivity index (χ4v) is 2.20. The summed E-state index contributed by atoms with van der Waals surface area (Å²) in [7, 11) is 1.60. The molecule has 0 spiro atoms. The van der Waals surface area contributed by atoms with Gasteiger partial charge in [-0.1, -0.05) is 26.0 Å². The van der Waals surface area contributed by atoms with Crippen LogP contribution in [-0.4, -0.2) is 35.9 Å². The fourth-order valence-electron chi connectivity index (χ4n) is 2.20. The lowest BCUT2D eigenvalue weighted by Gasteiger charge is -2.08. The van der Waals surface area contributed by atoms with Crippen molar-refractivity contribution in [2.75, 3.05) is 20.3 Å². The number of hydrogen-bond donors (Lipinski definition) is 1. The molecule has 0 fully saturated rings. The van der Waals surface area contributed by atoms with Crippen LogP contribution in [0.2, 0.25) is 0 Å². The van der Waals surface area contributed by atoms with Crippen molar-refractivity contribution in [2.24, 2.45) is 0 Å². The van der Waals surface area contributed by atoms with E-state index in [-0.39, 0.29) is 5.91 Å². The van der Waals surface area contributed by atoms with E-state index in [1.165, 1.54) is 5.56 Å². The molecule has 0 radical (unpaired) electrons. The number of nitrogens with one attached hydrogen (secondary N) is 1. The van der Waals surface area contributed by atoms with Crippen molar-refractivity contribution < 1.29 is 9.53 Å². The molecule has 1 amide bonds. The Morgan fingerprint density at radius 2 is 2.00 bits per heavy atom. The molecule has 0 unspecified atom stereocenters. The van der Waals surface area contributed by atoms with Crippen LogP contribution in [0.25, 0.3) is 5.69 Å². The van der Waals surface area contributed by atoms with Gasteiger partial charge in [0, 0.05) is 19.3 Å². The molecule has 22 heavy (non-hydrogen) atoms. The molecule has 0 aliphatic carbocycles. The Morgan fingerprint density at radius 1 is 1.32 bits per heavy atom. The Kier molecular flexibility index (Phi) is 5.33. The Labute approximate surface area is 131 Å². The first kappa shape index (κ1) is 16.2. The quantitative estimate of drug-likeness (QED) is 0.835. The number of aromatic nitrogens is 2. The monoisotopic (exact) mass is 301 g/mol. The van der Waals surface area contributed by atoms with Crippen LogP contribution < -0.4 is 5.32 Å². The first-order valence-corrected chi connectivity index (χ1v) is 7.47. The number of nitrogens with zero attached hydrogens (tertiary/aromatic N) is 2. The maximum absolute atomic E-state index is 12.0. The Morgan fingerprint density at radius 3 is 2.59 bits per heavy atom.